The van der Waals surface area contributed by atoms with Crippen LogP contribution in [-0.2, 0) is 5.41 Å². The number of nitrogens with zero attached hydrogens (tertiary/aromatic N) is 1. The van der Waals surface area contributed by atoms with E-state index in [-0.39, 0.29) is 5.41 Å². The maximum Gasteiger partial charge on any atom is 0.0496 e. The number of hydrogen-bond donors (Lipinski definition) is 0. The van der Waals surface area contributed by atoms with Gasteiger partial charge in [0.05, 0.1) is 0 Å². The highest BCUT2D eigenvalue weighted by Crippen LogP contribution is 2.35. The van der Waals surface area contributed by atoms with Crippen molar-refractivity contribution in [2.45, 2.75) is 53.0 Å². The van der Waals surface area contributed by atoms with Crippen molar-refractivity contribution in [2.24, 2.45) is 0 Å². The molecule has 21 heavy (non-hydrogen) atoms. The number of rotatable bonds is 1. The highest BCUT2D eigenvalue weighted by atomic mass is 15.0. The smallest absolute Gasteiger partial charge is 0.0496 e. The van der Waals surface area contributed by atoms with Crippen molar-refractivity contribution in [3.63, 3.8) is 0 Å². The van der Waals surface area contributed by atoms with Crippen LogP contribution in [-0.4, -0.2) is 4.57 Å². The van der Waals surface area contributed by atoms with E-state index in [0.29, 0.717) is 6.04 Å². The summed E-state index contributed by atoms with van der Waals surface area (Å²) in [6.07, 6.45) is 0. The maximum absolute atomic E-state index is 2.48. The molecular formula is C20H25N. The van der Waals surface area contributed by atoms with Crippen LogP contribution in [0.25, 0.3) is 21.8 Å². The van der Waals surface area contributed by atoms with Crippen LogP contribution in [0.5, 0.6) is 0 Å². The molecule has 0 unspecified atom stereocenters. The topological polar surface area (TPSA) is 4.93 Å². The van der Waals surface area contributed by atoms with Crippen LogP contribution in [0.3, 0.4) is 0 Å². The average Bonchev–Trinajstić information content (AvgIpc) is 2.69. The van der Waals surface area contributed by atoms with Crippen LogP contribution in [0.2, 0.25) is 0 Å². The Balaban J connectivity index is 2.46. The number of fused-ring (bicyclic) bond motifs is 3. The van der Waals surface area contributed by atoms with Crippen molar-refractivity contribution in [3.05, 3.63) is 47.5 Å². The maximum atomic E-state index is 2.48. The van der Waals surface area contributed by atoms with E-state index in [1.165, 1.54) is 32.9 Å². The van der Waals surface area contributed by atoms with Gasteiger partial charge in [0.15, 0.2) is 0 Å². The minimum atomic E-state index is 0.183. The van der Waals surface area contributed by atoms with Gasteiger partial charge in [0, 0.05) is 27.8 Å². The largest absolute Gasteiger partial charge is 0.338 e. The van der Waals surface area contributed by atoms with Crippen molar-refractivity contribution >= 4 is 21.8 Å². The van der Waals surface area contributed by atoms with E-state index in [1.807, 2.05) is 0 Å². The van der Waals surface area contributed by atoms with Gasteiger partial charge >= 0.3 is 0 Å². The molecule has 1 nitrogen and oxygen atoms in total. The van der Waals surface area contributed by atoms with Gasteiger partial charge in [0.1, 0.15) is 0 Å². The summed E-state index contributed by atoms with van der Waals surface area (Å²) in [6, 6.07) is 14.2. The molecule has 0 aliphatic heterocycles. The predicted molar refractivity (Wildman–Crippen MR) is 93.3 cm³/mol. The molecule has 0 aliphatic rings. The van der Waals surface area contributed by atoms with E-state index in [1.54, 1.807) is 0 Å². The van der Waals surface area contributed by atoms with Crippen molar-refractivity contribution in [2.75, 3.05) is 0 Å². The van der Waals surface area contributed by atoms with Crippen LogP contribution >= 0.6 is 0 Å². The molecule has 3 rings (SSSR count). The van der Waals surface area contributed by atoms with Crippen molar-refractivity contribution in [1.29, 1.82) is 0 Å². The Kier molecular flexibility index (Phi) is 3.12. The van der Waals surface area contributed by atoms with E-state index < -0.39 is 0 Å². The first-order valence-electron chi connectivity index (χ1n) is 7.84. The summed E-state index contributed by atoms with van der Waals surface area (Å²) in [4.78, 5) is 0. The summed E-state index contributed by atoms with van der Waals surface area (Å²) < 4.78 is 2.48. The second kappa shape index (κ2) is 4.62. The summed E-state index contributed by atoms with van der Waals surface area (Å²) >= 11 is 0. The fraction of sp³-hybridized carbons (Fsp3) is 0.400. The van der Waals surface area contributed by atoms with Gasteiger partial charge in [0.2, 0.25) is 0 Å². The van der Waals surface area contributed by atoms with Gasteiger partial charge in [-0.1, -0.05) is 45.0 Å². The molecule has 0 bridgehead atoms. The molecule has 0 N–H and O–H groups in total. The Morgan fingerprint density at radius 3 is 2.00 bits per heavy atom. The Morgan fingerprint density at radius 1 is 0.857 bits per heavy atom. The molecule has 0 radical (unpaired) electrons. The van der Waals surface area contributed by atoms with Gasteiger partial charge in [0.25, 0.3) is 0 Å². The van der Waals surface area contributed by atoms with E-state index in [0.717, 1.165) is 0 Å². The molecule has 1 heteroatoms. The second-order valence-electron chi connectivity index (χ2n) is 7.47. The Labute approximate surface area is 127 Å². The number of hydrogen-bond acceptors (Lipinski definition) is 0. The summed E-state index contributed by atoms with van der Waals surface area (Å²) in [5.41, 5.74) is 5.62. The van der Waals surface area contributed by atoms with Crippen LogP contribution in [0.4, 0.5) is 0 Å². The van der Waals surface area contributed by atoms with Crippen LogP contribution < -0.4 is 0 Å². The number of benzene rings is 2. The molecule has 1 heterocycles. The van der Waals surface area contributed by atoms with Crippen molar-refractivity contribution in [3.8, 4) is 0 Å². The Hall–Kier alpha value is -1.76. The van der Waals surface area contributed by atoms with E-state index in [4.69, 9.17) is 0 Å². The Bertz CT molecular complexity index is 813. The lowest BCUT2D eigenvalue weighted by atomic mass is 9.86. The zero-order chi connectivity index (χ0) is 15.4. The van der Waals surface area contributed by atoms with Gasteiger partial charge in [-0.25, -0.2) is 0 Å². The lowest BCUT2D eigenvalue weighted by Crippen LogP contribution is -2.11. The fourth-order valence-corrected chi connectivity index (χ4v) is 3.18. The Morgan fingerprint density at radius 2 is 1.43 bits per heavy atom. The highest BCUT2D eigenvalue weighted by molar-refractivity contribution is 6.08. The van der Waals surface area contributed by atoms with Crippen LogP contribution in [0, 0.1) is 6.92 Å². The molecule has 0 fully saturated rings. The lowest BCUT2D eigenvalue weighted by Gasteiger charge is -2.20. The van der Waals surface area contributed by atoms with Gasteiger partial charge < -0.3 is 4.57 Å². The van der Waals surface area contributed by atoms with Gasteiger partial charge in [-0.3, -0.25) is 0 Å². The van der Waals surface area contributed by atoms with Crippen molar-refractivity contribution < 1.29 is 0 Å². The second-order valence-corrected chi connectivity index (χ2v) is 7.47. The number of aryl methyl sites for hydroxylation is 1. The van der Waals surface area contributed by atoms with Gasteiger partial charge in [-0.2, -0.15) is 0 Å². The minimum absolute atomic E-state index is 0.183. The first-order valence-corrected chi connectivity index (χ1v) is 7.84. The minimum Gasteiger partial charge on any atom is -0.338 e. The summed E-state index contributed by atoms with van der Waals surface area (Å²) in [5, 5.41) is 2.73. The third kappa shape index (κ3) is 2.25. The molecule has 2 aromatic carbocycles. The summed E-state index contributed by atoms with van der Waals surface area (Å²) in [7, 11) is 0. The number of aromatic nitrogens is 1. The highest BCUT2D eigenvalue weighted by Gasteiger charge is 2.18. The quantitative estimate of drug-likeness (QED) is 0.516. The zero-order valence-electron chi connectivity index (χ0n) is 14.0. The van der Waals surface area contributed by atoms with E-state index in [9.17, 15) is 0 Å². The third-order valence-electron chi connectivity index (χ3n) is 4.34. The summed E-state index contributed by atoms with van der Waals surface area (Å²) in [6.45, 7) is 13.5. The van der Waals surface area contributed by atoms with E-state index >= 15 is 0 Å². The van der Waals surface area contributed by atoms with E-state index in [2.05, 4.69) is 82.5 Å². The average molecular weight is 279 g/mol. The normalized spacial score (nSPS) is 12.7. The van der Waals surface area contributed by atoms with Gasteiger partial charge in [-0.15, -0.1) is 0 Å². The third-order valence-corrected chi connectivity index (χ3v) is 4.34. The molecule has 0 amide bonds. The molecule has 0 saturated carbocycles. The van der Waals surface area contributed by atoms with Gasteiger partial charge in [-0.05, 0) is 49.4 Å². The monoisotopic (exact) mass is 279 g/mol. The van der Waals surface area contributed by atoms with Crippen molar-refractivity contribution in [1.82, 2.24) is 4.57 Å². The molecular weight excluding hydrogens is 254 g/mol. The zero-order valence-corrected chi connectivity index (χ0v) is 14.0. The standard InChI is InChI=1S/C20H25N/c1-13(2)21-18-11-14(3)7-9-16(18)17-10-8-15(12-19(17)21)20(4,5)6/h7-13H,1-6H3. The first-order chi connectivity index (χ1) is 9.79. The molecule has 1 aromatic heterocycles. The molecule has 0 spiro atoms. The predicted octanol–water partition coefficient (Wildman–Crippen LogP) is 5.98. The molecule has 110 valence electrons. The molecule has 0 atom stereocenters. The first kappa shape index (κ1) is 14.2. The molecule has 0 saturated heterocycles. The van der Waals surface area contributed by atoms with Crippen LogP contribution in [0.15, 0.2) is 36.4 Å². The summed E-state index contributed by atoms with van der Waals surface area (Å²) in [5.74, 6) is 0. The lowest BCUT2D eigenvalue weighted by molar-refractivity contribution is 0.589. The molecule has 3 aromatic rings. The fourth-order valence-electron chi connectivity index (χ4n) is 3.18. The SMILES string of the molecule is Cc1ccc2c3ccc(C(C)(C)C)cc3n(C(C)C)c2c1. The van der Waals surface area contributed by atoms with Crippen LogP contribution in [0.1, 0.15) is 51.8 Å². The molecule has 0 aliphatic carbocycles.